The first kappa shape index (κ1) is 11.3. The summed E-state index contributed by atoms with van der Waals surface area (Å²) in [7, 11) is 0. The Labute approximate surface area is 103 Å². The minimum Gasteiger partial charge on any atom is -0.395 e. The van der Waals surface area contributed by atoms with Gasteiger partial charge in [0.1, 0.15) is 0 Å². The van der Waals surface area contributed by atoms with Crippen LogP contribution in [0.2, 0.25) is 0 Å². The molecule has 96 valence electrons. The fraction of sp³-hybridized carbons (Fsp3) is 0.385. The van der Waals surface area contributed by atoms with Crippen molar-refractivity contribution in [2.75, 3.05) is 5.32 Å². The average Bonchev–Trinajstić information content (AvgIpc) is 2.63. The molecule has 1 unspecified atom stereocenters. The second kappa shape index (κ2) is 4.15. The van der Waals surface area contributed by atoms with Crippen LogP contribution in [0.3, 0.4) is 0 Å². The topological polar surface area (TPSA) is 30.5 Å². The first-order valence-corrected chi connectivity index (χ1v) is 5.95. The highest BCUT2D eigenvalue weighted by molar-refractivity contribution is 5.56. The fourth-order valence-corrected chi connectivity index (χ4v) is 2.19. The summed E-state index contributed by atoms with van der Waals surface area (Å²) in [5.74, 6) is 0.148. The molecule has 1 aliphatic carbocycles. The van der Waals surface area contributed by atoms with Gasteiger partial charge in [-0.1, -0.05) is 12.2 Å². The second-order valence-corrected chi connectivity index (χ2v) is 4.44. The van der Waals surface area contributed by atoms with Gasteiger partial charge in [0.15, 0.2) is 11.5 Å². The maximum absolute atomic E-state index is 12.9. The van der Waals surface area contributed by atoms with Crippen LogP contribution in [0.15, 0.2) is 30.4 Å². The van der Waals surface area contributed by atoms with Crippen molar-refractivity contribution in [3.05, 3.63) is 30.4 Å². The van der Waals surface area contributed by atoms with Crippen LogP contribution >= 0.6 is 0 Å². The Kier molecular flexibility index (Phi) is 2.61. The first-order valence-electron chi connectivity index (χ1n) is 5.95. The van der Waals surface area contributed by atoms with Gasteiger partial charge in [-0.15, -0.1) is 8.78 Å². The number of fused-ring (bicyclic) bond motifs is 1. The number of benzene rings is 1. The molecule has 0 radical (unpaired) electrons. The molecule has 2 aliphatic rings. The van der Waals surface area contributed by atoms with E-state index < -0.39 is 6.29 Å². The van der Waals surface area contributed by atoms with Gasteiger partial charge < -0.3 is 14.8 Å². The van der Waals surface area contributed by atoms with Crippen molar-refractivity contribution >= 4 is 5.69 Å². The summed E-state index contributed by atoms with van der Waals surface area (Å²) < 4.78 is 34.5. The number of halogens is 2. The van der Waals surface area contributed by atoms with Gasteiger partial charge in [-0.25, -0.2) is 0 Å². The Bertz CT molecular complexity index is 488. The number of alkyl halides is 2. The van der Waals surface area contributed by atoms with Crippen molar-refractivity contribution in [2.24, 2.45) is 0 Å². The molecule has 0 spiro atoms. The molecule has 1 N–H and O–H groups in total. The molecule has 1 aliphatic heterocycles. The molecule has 0 amide bonds. The second-order valence-electron chi connectivity index (χ2n) is 4.44. The van der Waals surface area contributed by atoms with Crippen LogP contribution in [0.25, 0.3) is 0 Å². The maximum atomic E-state index is 12.9. The normalized spacial score (nSPS) is 24.0. The SMILES string of the molecule is FC1(F)Oc2ccc(NC3C=CCCC3)cc2O1. The third-order valence-electron chi connectivity index (χ3n) is 3.01. The largest absolute Gasteiger partial charge is 0.586 e. The number of nitrogens with one attached hydrogen (secondary N) is 1. The lowest BCUT2D eigenvalue weighted by molar-refractivity contribution is -0.286. The van der Waals surface area contributed by atoms with E-state index in [0.29, 0.717) is 0 Å². The van der Waals surface area contributed by atoms with E-state index in [-0.39, 0.29) is 17.5 Å². The van der Waals surface area contributed by atoms with E-state index in [2.05, 4.69) is 26.9 Å². The minimum absolute atomic E-state index is 0.0738. The van der Waals surface area contributed by atoms with Crippen LogP contribution in [0.4, 0.5) is 14.5 Å². The summed E-state index contributed by atoms with van der Waals surface area (Å²) in [5.41, 5.74) is 0.756. The summed E-state index contributed by atoms with van der Waals surface area (Å²) >= 11 is 0. The molecule has 1 atom stereocenters. The van der Waals surface area contributed by atoms with Crippen LogP contribution in [0.5, 0.6) is 11.5 Å². The minimum atomic E-state index is -3.55. The molecular weight excluding hydrogens is 240 g/mol. The molecule has 1 heterocycles. The first-order chi connectivity index (χ1) is 8.62. The van der Waals surface area contributed by atoms with Crippen molar-refractivity contribution in [3.63, 3.8) is 0 Å². The number of hydrogen-bond donors (Lipinski definition) is 1. The van der Waals surface area contributed by atoms with Gasteiger partial charge in [0.2, 0.25) is 0 Å². The quantitative estimate of drug-likeness (QED) is 0.818. The van der Waals surface area contributed by atoms with Crippen molar-refractivity contribution in [2.45, 2.75) is 31.6 Å². The van der Waals surface area contributed by atoms with Crippen molar-refractivity contribution in [1.29, 1.82) is 0 Å². The summed E-state index contributed by atoms with van der Waals surface area (Å²) in [6, 6.07) is 5.00. The van der Waals surface area contributed by atoms with E-state index in [9.17, 15) is 8.78 Å². The van der Waals surface area contributed by atoms with Gasteiger partial charge >= 0.3 is 6.29 Å². The monoisotopic (exact) mass is 253 g/mol. The molecule has 0 aromatic heterocycles. The molecule has 0 saturated carbocycles. The Hall–Kier alpha value is -1.78. The molecule has 3 rings (SSSR count). The van der Waals surface area contributed by atoms with Gasteiger partial charge in [-0.05, 0) is 31.4 Å². The molecule has 1 aromatic carbocycles. The Morgan fingerprint density at radius 1 is 1.22 bits per heavy atom. The van der Waals surface area contributed by atoms with Crippen LogP contribution in [0, 0.1) is 0 Å². The van der Waals surface area contributed by atoms with Gasteiger partial charge in [-0.3, -0.25) is 0 Å². The van der Waals surface area contributed by atoms with Gasteiger partial charge in [-0.2, -0.15) is 0 Å². The van der Waals surface area contributed by atoms with E-state index in [1.807, 2.05) is 0 Å². The maximum Gasteiger partial charge on any atom is 0.586 e. The Morgan fingerprint density at radius 3 is 2.83 bits per heavy atom. The van der Waals surface area contributed by atoms with E-state index in [0.717, 1.165) is 24.9 Å². The lowest BCUT2D eigenvalue weighted by Crippen LogP contribution is -2.25. The number of hydrogen-bond acceptors (Lipinski definition) is 3. The molecule has 0 bridgehead atoms. The zero-order valence-electron chi connectivity index (χ0n) is 9.66. The van der Waals surface area contributed by atoms with Crippen LogP contribution < -0.4 is 14.8 Å². The Morgan fingerprint density at radius 2 is 2.06 bits per heavy atom. The van der Waals surface area contributed by atoms with E-state index in [1.54, 1.807) is 12.1 Å². The molecule has 0 saturated heterocycles. The third-order valence-corrected chi connectivity index (χ3v) is 3.01. The van der Waals surface area contributed by atoms with Crippen LogP contribution in [-0.2, 0) is 0 Å². The van der Waals surface area contributed by atoms with Crippen LogP contribution in [0.1, 0.15) is 19.3 Å². The molecule has 0 fully saturated rings. The predicted octanol–water partition coefficient (Wildman–Crippen LogP) is 3.53. The smallest absolute Gasteiger partial charge is 0.395 e. The fourth-order valence-electron chi connectivity index (χ4n) is 2.19. The van der Waals surface area contributed by atoms with E-state index >= 15 is 0 Å². The molecular formula is C13H13F2NO2. The number of rotatable bonds is 2. The molecule has 1 aromatic rings. The lowest BCUT2D eigenvalue weighted by Gasteiger charge is -2.19. The standard InChI is InChI=1S/C13H13F2NO2/c14-13(15)17-11-7-6-10(8-12(11)18-13)16-9-4-2-1-3-5-9/h2,4,6-9,16H,1,3,5H2. The average molecular weight is 253 g/mol. The van der Waals surface area contributed by atoms with Gasteiger partial charge in [0.05, 0.1) is 0 Å². The number of ether oxygens (including phenoxy) is 2. The Balaban J connectivity index is 1.75. The van der Waals surface area contributed by atoms with Crippen molar-refractivity contribution < 1.29 is 18.3 Å². The van der Waals surface area contributed by atoms with Crippen molar-refractivity contribution in [3.8, 4) is 11.5 Å². The highest BCUT2D eigenvalue weighted by Gasteiger charge is 2.43. The molecule has 18 heavy (non-hydrogen) atoms. The molecule has 5 heteroatoms. The summed E-state index contributed by atoms with van der Waals surface area (Å²) in [4.78, 5) is 0. The van der Waals surface area contributed by atoms with Gasteiger partial charge in [0, 0.05) is 17.8 Å². The third kappa shape index (κ3) is 2.25. The number of allylic oxidation sites excluding steroid dienone is 1. The highest BCUT2D eigenvalue weighted by Crippen LogP contribution is 2.42. The van der Waals surface area contributed by atoms with Crippen LogP contribution in [-0.4, -0.2) is 12.3 Å². The zero-order valence-corrected chi connectivity index (χ0v) is 9.66. The summed E-state index contributed by atoms with van der Waals surface area (Å²) in [6.45, 7) is 0. The molecule has 3 nitrogen and oxygen atoms in total. The zero-order chi connectivity index (χ0) is 12.6. The lowest BCUT2D eigenvalue weighted by atomic mass is 10.0. The van der Waals surface area contributed by atoms with Gasteiger partial charge in [0.25, 0.3) is 0 Å². The predicted molar refractivity (Wildman–Crippen MR) is 63.0 cm³/mol. The summed E-state index contributed by atoms with van der Waals surface area (Å²) in [6.07, 6.45) is 3.96. The van der Waals surface area contributed by atoms with E-state index in [4.69, 9.17) is 0 Å². The van der Waals surface area contributed by atoms with Crippen molar-refractivity contribution in [1.82, 2.24) is 0 Å². The summed E-state index contributed by atoms with van der Waals surface area (Å²) in [5, 5.41) is 3.27. The van der Waals surface area contributed by atoms with E-state index in [1.165, 1.54) is 6.07 Å². The highest BCUT2D eigenvalue weighted by atomic mass is 19.3. The number of anilines is 1.